The van der Waals surface area contributed by atoms with Crippen molar-refractivity contribution in [2.75, 3.05) is 19.4 Å². The van der Waals surface area contributed by atoms with E-state index in [-0.39, 0.29) is 11.8 Å². The lowest BCUT2D eigenvalue weighted by atomic mass is 10.1. The van der Waals surface area contributed by atoms with E-state index in [2.05, 4.69) is 19.2 Å². The lowest BCUT2D eigenvalue weighted by Gasteiger charge is -2.31. The van der Waals surface area contributed by atoms with Gasteiger partial charge in [0.2, 0.25) is 11.8 Å². The van der Waals surface area contributed by atoms with Crippen molar-refractivity contribution in [3.63, 3.8) is 0 Å². The minimum absolute atomic E-state index is 0.0497. The Morgan fingerprint density at radius 3 is 2.25 bits per heavy atom. The van der Waals surface area contributed by atoms with Crippen LogP contribution in [0.5, 0.6) is 5.75 Å². The summed E-state index contributed by atoms with van der Waals surface area (Å²) in [6.45, 7) is 7.00. The molecule has 5 nitrogen and oxygen atoms in total. The third-order valence-corrected chi connectivity index (χ3v) is 6.23. The van der Waals surface area contributed by atoms with Crippen molar-refractivity contribution in [2.45, 2.75) is 45.5 Å². The Bertz CT molecular complexity index is 856. The summed E-state index contributed by atoms with van der Waals surface area (Å²) in [5, 5.41) is 3.68. The van der Waals surface area contributed by atoms with Crippen molar-refractivity contribution < 1.29 is 14.3 Å². The fourth-order valence-corrected chi connectivity index (χ4v) is 4.19. The molecule has 1 atom stereocenters. The van der Waals surface area contributed by atoms with E-state index in [1.807, 2.05) is 55.5 Å². The second-order valence-electron chi connectivity index (χ2n) is 8.05. The number of hydrogen-bond donors (Lipinski definition) is 1. The van der Waals surface area contributed by atoms with Gasteiger partial charge in [-0.15, -0.1) is 11.8 Å². The summed E-state index contributed by atoms with van der Waals surface area (Å²) < 4.78 is 5.23. The molecule has 0 aliphatic heterocycles. The van der Waals surface area contributed by atoms with Crippen LogP contribution in [-0.4, -0.2) is 42.2 Å². The number of carbonyl (C=O) groups is 2. The zero-order chi connectivity index (χ0) is 23.5. The maximum absolute atomic E-state index is 13.2. The minimum atomic E-state index is -0.514. The predicted molar refractivity (Wildman–Crippen MR) is 133 cm³/mol. The Balaban J connectivity index is 2.11. The van der Waals surface area contributed by atoms with Gasteiger partial charge in [0.15, 0.2) is 0 Å². The molecule has 0 spiro atoms. The SMILES string of the molecule is CC[C@@H](C(=O)NCC(C)C)N(Cc1ccc(OC)cc1)C(=O)CSCc1ccc(Cl)cc1. The standard InChI is InChI=1S/C25H33ClN2O3S/c1-5-23(25(30)27-14-18(2)3)28(15-19-8-12-22(31-4)13-9-19)24(29)17-32-16-20-6-10-21(26)11-7-20/h6-13,18,23H,5,14-17H2,1-4H3,(H,27,30)/t23-/m0/s1. The van der Waals surface area contributed by atoms with Gasteiger partial charge in [0.05, 0.1) is 12.9 Å². The molecule has 0 radical (unpaired) electrons. The number of halogens is 1. The highest BCUT2D eigenvalue weighted by Crippen LogP contribution is 2.20. The lowest BCUT2D eigenvalue weighted by Crippen LogP contribution is -2.50. The van der Waals surface area contributed by atoms with Crippen LogP contribution in [0.15, 0.2) is 48.5 Å². The van der Waals surface area contributed by atoms with Gasteiger partial charge in [-0.1, -0.05) is 56.6 Å². The van der Waals surface area contributed by atoms with Gasteiger partial charge in [0, 0.05) is 23.9 Å². The van der Waals surface area contributed by atoms with Crippen molar-refractivity contribution in [1.29, 1.82) is 0 Å². The summed E-state index contributed by atoms with van der Waals surface area (Å²) >= 11 is 7.48. The maximum atomic E-state index is 13.2. The van der Waals surface area contributed by atoms with Crippen molar-refractivity contribution >= 4 is 35.2 Å². The molecule has 0 bridgehead atoms. The van der Waals surface area contributed by atoms with Crippen LogP contribution in [0.1, 0.15) is 38.3 Å². The van der Waals surface area contributed by atoms with E-state index >= 15 is 0 Å². The molecule has 0 heterocycles. The van der Waals surface area contributed by atoms with Crippen LogP contribution in [0.2, 0.25) is 5.02 Å². The largest absolute Gasteiger partial charge is 0.497 e. The first-order chi connectivity index (χ1) is 15.3. The van der Waals surface area contributed by atoms with Gasteiger partial charge in [0.1, 0.15) is 11.8 Å². The Kier molecular flexibility index (Phi) is 10.9. The fraction of sp³-hybridized carbons (Fsp3) is 0.440. The molecule has 0 aliphatic rings. The summed E-state index contributed by atoms with van der Waals surface area (Å²) in [6, 6.07) is 14.7. The zero-order valence-corrected chi connectivity index (χ0v) is 20.8. The van der Waals surface area contributed by atoms with E-state index < -0.39 is 6.04 Å². The molecule has 0 saturated carbocycles. The van der Waals surface area contributed by atoms with E-state index in [4.69, 9.17) is 16.3 Å². The molecule has 0 aromatic heterocycles. The molecule has 1 N–H and O–H groups in total. The molecule has 32 heavy (non-hydrogen) atoms. The molecular weight excluding hydrogens is 444 g/mol. The van der Waals surface area contributed by atoms with E-state index in [1.165, 1.54) is 11.8 Å². The van der Waals surface area contributed by atoms with E-state index in [0.717, 1.165) is 16.9 Å². The van der Waals surface area contributed by atoms with Gasteiger partial charge in [0.25, 0.3) is 0 Å². The number of thioether (sulfide) groups is 1. The highest BCUT2D eigenvalue weighted by molar-refractivity contribution is 7.99. The maximum Gasteiger partial charge on any atom is 0.242 e. The molecule has 7 heteroatoms. The third kappa shape index (κ3) is 8.40. The van der Waals surface area contributed by atoms with Gasteiger partial charge in [-0.05, 0) is 47.7 Å². The lowest BCUT2D eigenvalue weighted by molar-refractivity contribution is -0.139. The third-order valence-electron chi connectivity index (χ3n) is 4.99. The van der Waals surface area contributed by atoms with Gasteiger partial charge in [-0.2, -0.15) is 0 Å². The van der Waals surface area contributed by atoms with Crippen molar-refractivity contribution in [2.24, 2.45) is 5.92 Å². The van der Waals surface area contributed by atoms with Crippen LogP contribution < -0.4 is 10.1 Å². The number of rotatable bonds is 12. The summed E-state index contributed by atoms with van der Waals surface area (Å²) in [4.78, 5) is 27.8. The molecule has 2 rings (SSSR count). The van der Waals surface area contributed by atoms with E-state index in [0.29, 0.717) is 42.0 Å². The monoisotopic (exact) mass is 476 g/mol. The minimum Gasteiger partial charge on any atom is -0.497 e. The smallest absolute Gasteiger partial charge is 0.242 e. The summed E-state index contributed by atoms with van der Waals surface area (Å²) in [5.41, 5.74) is 2.06. The van der Waals surface area contributed by atoms with Crippen LogP contribution in [0, 0.1) is 5.92 Å². The second-order valence-corrected chi connectivity index (χ2v) is 9.47. The van der Waals surface area contributed by atoms with Crippen molar-refractivity contribution in [3.8, 4) is 5.75 Å². The number of benzene rings is 2. The van der Waals surface area contributed by atoms with E-state index in [9.17, 15) is 9.59 Å². The number of ether oxygens (including phenoxy) is 1. The normalized spacial score (nSPS) is 11.8. The molecular formula is C25H33ClN2O3S. The molecule has 0 aliphatic carbocycles. The number of nitrogens with one attached hydrogen (secondary N) is 1. The molecule has 0 unspecified atom stereocenters. The number of nitrogens with zero attached hydrogens (tertiary/aromatic N) is 1. The molecule has 0 fully saturated rings. The summed E-state index contributed by atoms with van der Waals surface area (Å²) in [5.74, 6) is 1.95. The van der Waals surface area contributed by atoms with Gasteiger partial charge >= 0.3 is 0 Å². The Labute approximate surface area is 200 Å². The van der Waals surface area contributed by atoms with Crippen LogP contribution in [0.25, 0.3) is 0 Å². The molecule has 174 valence electrons. The molecule has 2 aromatic carbocycles. The van der Waals surface area contributed by atoms with Crippen LogP contribution in [0.3, 0.4) is 0 Å². The summed E-state index contributed by atoms with van der Waals surface area (Å²) in [7, 11) is 1.62. The van der Waals surface area contributed by atoms with Gasteiger partial charge in [-0.3, -0.25) is 9.59 Å². The number of hydrogen-bond acceptors (Lipinski definition) is 4. The second kappa shape index (κ2) is 13.4. The number of carbonyl (C=O) groups excluding carboxylic acids is 2. The van der Waals surface area contributed by atoms with Crippen LogP contribution in [-0.2, 0) is 21.9 Å². The van der Waals surface area contributed by atoms with Crippen molar-refractivity contribution in [1.82, 2.24) is 10.2 Å². The topological polar surface area (TPSA) is 58.6 Å². The number of methoxy groups -OCH3 is 1. The van der Waals surface area contributed by atoms with Crippen molar-refractivity contribution in [3.05, 3.63) is 64.7 Å². The first kappa shape index (κ1) is 26.1. The zero-order valence-electron chi connectivity index (χ0n) is 19.3. The molecule has 2 amide bonds. The highest BCUT2D eigenvalue weighted by atomic mass is 35.5. The first-order valence-electron chi connectivity index (χ1n) is 10.9. The van der Waals surface area contributed by atoms with Gasteiger partial charge in [-0.25, -0.2) is 0 Å². The van der Waals surface area contributed by atoms with E-state index in [1.54, 1.807) is 12.0 Å². The Morgan fingerprint density at radius 1 is 1.06 bits per heavy atom. The average molecular weight is 477 g/mol. The Hall–Kier alpha value is -2.18. The number of amides is 2. The highest BCUT2D eigenvalue weighted by Gasteiger charge is 2.28. The Morgan fingerprint density at radius 2 is 1.69 bits per heavy atom. The predicted octanol–water partition coefficient (Wildman–Crippen LogP) is 5.16. The van der Waals surface area contributed by atoms with Gasteiger partial charge < -0.3 is 15.0 Å². The molecule has 2 aromatic rings. The quantitative estimate of drug-likeness (QED) is 0.459. The molecule has 0 saturated heterocycles. The first-order valence-corrected chi connectivity index (χ1v) is 12.4. The summed E-state index contributed by atoms with van der Waals surface area (Å²) in [6.07, 6.45) is 0.549. The van der Waals surface area contributed by atoms with Crippen LogP contribution >= 0.6 is 23.4 Å². The van der Waals surface area contributed by atoms with Crippen LogP contribution in [0.4, 0.5) is 0 Å². The fourth-order valence-electron chi connectivity index (χ4n) is 3.19. The average Bonchev–Trinajstić information content (AvgIpc) is 2.79.